The number of carbonyl (C=O) groups is 3. The van der Waals surface area contributed by atoms with Crippen LogP contribution in [0.2, 0.25) is 10.0 Å². The molecular weight excluding hydrogens is 569 g/mol. The molecule has 0 aliphatic carbocycles. The fourth-order valence-corrected chi connectivity index (χ4v) is 3.99. The number of ether oxygens (including phenoxy) is 3. The standard InChI is InChI=1S/C30H35Cl2N3O6/c1-28(2,3)39-25(36)34(26(37)40-29(4,5)6)24-22(18-14-16-19(31)17-15-18)23(20-12-10-11-13-21(20)32)33-35(24)27(38)41-30(7,8)9/h10-17H,1-9H3. The Balaban J connectivity index is 2.50. The minimum absolute atomic E-state index is 0.205. The van der Waals surface area contributed by atoms with Crippen molar-refractivity contribution in [2.45, 2.75) is 79.1 Å². The van der Waals surface area contributed by atoms with Crippen molar-refractivity contribution in [2.75, 3.05) is 4.90 Å². The number of rotatable bonds is 3. The molecule has 3 rings (SSSR count). The quantitative estimate of drug-likeness (QED) is 0.275. The van der Waals surface area contributed by atoms with Crippen LogP contribution in [0, 0.1) is 0 Å². The molecule has 0 aliphatic rings. The lowest BCUT2D eigenvalue weighted by Crippen LogP contribution is -2.45. The first kappa shape index (κ1) is 32.0. The molecule has 9 nitrogen and oxygen atoms in total. The van der Waals surface area contributed by atoms with Crippen LogP contribution in [0.3, 0.4) is 0 Å². The average Bonchev–Trinajstić information content (AvgIpc) is 3.16. The normalized spacial score (nSPS) is 12.1. The monoisotopic (exact) mass is 603 g/mol. The summed E-state index contributed by atoms with van der Waals surface area (Å²) in [5.74, 6) is -0.250. The van der Waals surface area contributed by atoms with E-state index in [2.05, 4.69) is 5.10 Å². The fourth-order valence-electron chi connectivity index (χ4n) is 3.63. The molecule has 0 unspecified atom stereocenters. The SMILES string of the molecule is CC(C)(C)OC(=O)N(C(=O)OC(C)(C)C)c1c(-c2ccc(Cl)cc2)c(-c2ccccc2Cl)nn1C(=O)OC(C)(C)C. The van der Waals surface area contributed by atoms with Crippen LogP contribution in [0.1, 0.15) is 62.3 Å². The predicted molar refractivity (Wildman–Crippen MR) is 160 cm³/mol. The zero-order valence-corrected chi connectivity index (χ0v) is 26.2. The molecule has 0 fully saturated rings. The number of aromatic nitrogens is 2. The van der Waals surface area contributed by atoms with Gasteiger partial charge in [0.1, 0.15) is 22.5 Å². The van der Waals surface area contributed by atoms with Gasteiger partial charge in [0.2, 0.25) is 0 Å². The molecule has 0 atom stereocenters. The van der Waals surface area contributed by atoms with Crippen molar-refractivity contribution in [3.63, 3.8) is 0 Å². The molecule has 3 aromatic rings. The van der Waals surface area contributed by atoms with Gasteiger partial charge in [0.15, 0.2) is 5.82 Å². The Morgan fingerprint density at radius 1 is 0.732 bits per heavy atom. The predicted octanol–water partition coefficient (Wildman–Crippen LogP) is 8.98. The Morgan fingerprint density at radius 3 is 1.68 bits per heavy atom. The van der Waals surface area contributed by atoms with Gasteiger partial charge in [-0.3, -0.25) is 0 Å². The molecule has 0 N–H and O–H groups in total. The maximum absolute atomic E-state index is 13.8. The molecule has 220 valence electrons. The van der Waals surface area contributed by atoms with Crippen molar-refractivity contribution in [3.05, 3.63) is 58.6 Å². The molecule has 0 saturated heterocycles. The van der Waals surface area contributed by atoms with Gasteiger partial charge in [0.25, 0.3) is 0 Å². The molecule has 2 amide bonds. The molecule has 0 spiro atoms. The summed E-state index contributed by atoms with van der Waals surface area (Å²) in [5, 5.41) is 5.34. The van der Waals surface area contributed by atoms with Crippen molar-refractivity contribution in [2.24, 2.45) is 0 Å². The van der Waals surface area contributed by atoms with Gasteiger partial charge in [-0.2, -0.15) is 10.00 Å². The summed E-state index contributed by atoms with van der Waals surface area (Å²) in [6.07, 6.45) is -3.12. The van der Waals surface area contributed by atoms with E-state index in [4.69, 9.17) is 37.4 Å². The van der Waals surface area contributed by atoms with Crippen LogP contribution < -0.4 is 4.90 Å². The number of amides is 2. The number of benzene rings is 2. The Bertz CT molecular complexity index is 1420. The van der Waals surface area contributed by atoms with Gasteiger partial charge in [-0.05, 0) is 86.1 Å². The van der Waals surface area contributed by atoms with Crippen LogP contribution in [-0.4, -0.2) is 44.9 Å². The van der Waals surface area contributed by atoms with E-state index in [1.54, 1.807) is 111 Å². The van der Waals surface area contributed by atoms with Crippen LogP contribution in [0.5, 0.6) is 0 Å². The van der Waals surface area contributed by atoms with E-state index >= 15 is 0 Å². The number of hydrogen-bond donors (Lipinski definition) is 0. The first-order valence-electron chi connectivity index (χ1n) is 12.9. The fraction of sp³-hybridized carbons (Fsp3) is 0.400. The molecule has 2 aromatic carbocycles. The van der Waals surface area contributed by atoms with E-state index in [-0.39, 0.29) is 17.1 Å². The zero-order valence-electron chi connectivity index (χ0n) is 24.7. The molecule has 0 saturated carbocycles. The largest absolute Gasteiger partial charge is 0.443 e. The molecule has 11 heteroatoms. The number of anilines is 1. The highest BCUT2D eigenvalue weighted by atomic mass is 35.5. The molecule has 1 aromatic heterocycles. The first-order chi connectivity index (χ1) is 18.8. The zero-order chi connectivity index (χ0) is 30.9. The molecular formula is C30H35Cl2N3O6. The van der Waals surface area contributed by atoms with Gasteiger partial charge in [-0.15, -0.1) is 4.68 Å². The van der Waals surface area contributed by atoms with Crippen LogP contribution >= 0.6 is 23.2 Å². The minimum atomic E-state index is -1.09. The van der Waals surface area contributed by atoms with Gasteiger partial charge in [0, 0.05) is 10.6 Å². The van der Waals surface area contributed by atoms with E-state index in [0.29, 0.717) is 26.1 Å². The number of hydrogen-bond acceptors (Lipinski definition) is 7. The Kier molecular flexibility index (Phi) is 9.15. The molecule has 0 aliphatic heterocycles. The first-order valence-corrected chi connectivity index (χ1v) is 13.7. The van der Waals surface area contributed by atoms with Gasteiger partial charge >= 0.3 is 18.3 Å². The maximum Gasteiger partial charge on any atom is 0.437 e. The second-order valence-corrected chi connectivity index (χ2v) is 13.1. The van der Waals surface area contributed by atoms with Crippen LogP contribution in [0.25, 0.3) is 22.4 Å². The number of carbonyl (C=O) groups excluding carboxylic acids is 3. The van der Waals surface area contributed by atoms with Gasteiger partial charge in [-0.25, -0.2) is 14.4 Å². The Morgan fingerprint density at radius 2 is 1.22 bits per heavy atom. The third-order valence-corrected chi connectivity index (χ3v) is 5.63. The van der Waals surface area contributed by atoms with Crippen molar-refractivity contribution < 1.29 is 28.6 Å². The van der Waals surface area contributed by atoms with Crippen molar-refractivity contribution >= 4 is 47.3 Å². The molecule has 41 heavy (non-hydrogen) atoms. The van der Waals surface area contributed by atoms with E-state index < -0.39 is 35.1 Å². The van der Waals surface area contributed by atoms with E-state index in [1.807, 2.05) is 0 Å². The summed E-state index contributed by atoms with van der Waals surface area (Å²) >= 11 is 12.8. The summed E-state index contributed by atoms with van der Waals surface area (Å²) in [6.45, 7) is 15.0. The summed E-state index contributed by atoms with van der Waals surface area (Å²) < 4.78 is 17.7. The van der Waals surface area contributed by atoms with Crippen LogP contribution in [0.15, 0.2) is 48.5 Å². The second kappa shape index (κ2) is 11.7. The molecule has 1 heterocycles. The van der Waals surface area contributed by atoms with E-state index in [1.165, 1.54) is 0 Å². The number of halogens is 2. The number of nitrogens with zero attached hydrogens (tertiary/aromatic N) is 3. The highest BCUT2D eigenvalue weighted by Gasteiger charge is 2.40. The van der Waals surface area contributed by atoms with Crippen LogP contribution in [-0.2, 0) is 14.2 Å². The highest BCUT2D eigenvalue weighted by Crippen LogP contribution is 2.43. The Hall–Kier alpha value is -3.56. The third kappa shape index (κ3) is 8.24. The molecule has 0 bridgehead atoms. The van der Waals surface area contributed by atoms with Gasteiger partial charge in [0.05, 0.1) is 10.6 Å². The van der Waals surface area contributed by atoms with E-state index in [0.717, 1.165) is 4.68 Å². The summed E-state index contributed by atoms with van der Waals surface area (Å²) in [4.78, 5) is 41.8. The highest BCUT2D eigenvalue weighted by molar-refractivity contribution is 6.33. The maximum atomic E-state index is 13.8. The summed E-state index contributed by atoms with van der Waals surface area (Å²) in [7, 11) is 0. The number of imide groups is 1. The third-order valence-electron chi connectivity index (χ3n) is 5.05. The smallest absolute Gasteiger partial charge is 0.437 e. The van der Waals surface area contributed by atoms with Gasteiger partial charge in [-0.1, -0.05) is 53.5 Å². The lowest BCUT2D eigenvalue weighted by atomic mass is 10.0. The van der Waals surface area contributed by atoms with E-state index in [9.17, 15) is 14.4 Å². The summed E-state index contributed by atoms with van der Waals surface area (Å²) in [5.41, 5.74) is -1.59. The minimum Gasteiger partial charge on any atom is -0.443 e. The lowest BCUT2D eigenvalue weighted by Gasteiger charge is -2.29. The topological polar surface area (TPSA) is 100.0 Å². The van der Waals surface area contributed by atoms with Crippen molar-refractivity contribution in [1.82, 2.24) is 9.78 Å². The lowest BCUT2D eigenvalue weighted by molar-refractivity contribution is 0.0423. The second-order valence-electron chi connectivity index (χ2n) is 12.2. The van der Waals surface area contributed by atoms with Crippen molar-refractivity contribution in [1.29, 1.82) is 0 Å². The van der Waals surface area contributed by atoms with Crippen LogP contribution in [0.4, 0.5) is 20.2 Å². The average molecular weight is 605 g/mol. The summed E-state index contributed by atoms with van der Waals surface area (Å²) in [6, 6.07) is 13.5. The van der Waals surface area contributed by atoms with Crippen molar-refractivity contribution in [3.8, 4) is 22.4 Å². The molecule has 0 radical (unpaired) electrons. The van der Waals surface area contributed by atoms with Gasteiger partial charge < -0.3 is 14.2 Å². The Labute approximate surface area is 250 Å².